The van der Waals surface area contributed by atoms with E-state index in [0.717, 1.165) is 0 Å². The molecule has 0 fully saturated rings. The van der Waals surface area contributed by atoms with Gasteiger partial charge in [0.05, 0.1) is 6.61 Å². The molecule has 148 valence electrons. The second-order valence-electron chi connectivity index (χ2n) is 5.66. The second-order valence-corrected chi connectivity index (χ2v) is 5.66. The number of hydrogen-bond acceptors (Lipinski definition) is 6. The number of hydrogen-bond donors (Lipinski definition) is 2. The van der Waals surface area contributed by atoms with Crippen LogP contribution in [0, 0.1) is 0 Å². The molecule has 0 heterocycles. The molecule has 0 aliphatic rings. The van der Waals surface area contributed by atoms with Crippen LogP contribution >= 0.6 is 0 Å². The van der Waals surface area contributed by atoms with Crippen LogP contribution in [0.5, 0.6) is 11.5 Å². The first kappa shape index (κ1) is 20.8. The number of ether oxygens (including phenoxy) is 3. The minimum atomic E-state index is -0.662. The number of esters is 1. The fourth-order valence-electron chi connectivity index (χ4n) is 2.17. The third-order valence-corrected chi connectivity index (χ3v) is 3.34. The first-order valence-corrected chi connectivity index (χ1v) is 8.65. The molecular weight excluding hydrogens is 364 g/mol. The molecule has 0 radical (unpaired) electrons. The molecule has 0 unspecified atom stereocenters. The molecule has 2 N–H and O–H groups in total. The summed E-state index contributed by atoms with van der Waals surface area (Å²) in [6.07, 6.45) is 0. The molecule has 8 nitrogen and oxygen atoms in total. The van der Waals surface area contributed by atoms with Gasteiger partial charge in [0.1, 0.15) is 11.5 Å². The Bertz CT molecular complexity index is 802. The summed E-state index contributed by atoms with van der Waals surface area (Å²) < 4.78 is 15.5. The molecule has 2 rings (SSSR count). The van der Waals surface area contributed by atoms with Crippen molar-refractivity contribution in [1.82, 2.24) is 0 Å². The first-order chi connectivity index (χ1) is 13.5. The van der Waals surface area contributed by atoms with Crippen LogP contribution in [-0.4, -0.2) is 37.6 Å². The maximum Gasteiger partial charge on any atom is 0.344 e. The second kappa shape index (κ2) is 10.6. The Kier molecular flexibility index (Phi) is 7.83. The Morgan fingerprint density at radius 2 is 1.32 bits per heavy atom. The zero-order valence-electron chi connectivity index (χ0n) is 15.7. The van der Waals surface area contributed by atoms with Crippen molar-refractivity contribution in [3.05, 3.63) is 48.5 Å². The van der Waals surface area contributed by atoms with Crippen LogP contribution in [0.25, 0.3) is 0 Å². The summed E-state index contributed by atoms with van der Waals surface area (Å²) in [5, 5.41) is 5.21. The standard InChI is InChI=1S/C20H22N2O6/c1-3-26-17-8-10-18(11-9-17)27-13-20(25)28-12-19(24)22-16-6-4-15(5-7-16)21-14(2)23/h4-11H,3,12-13H2,1-2H3,(H,21,23)(H,22,24). The lowest BCUT2D eigenvalue weighted by atomic mass is 10.2. The normalized spacial score (nSPS) is 9.93. The molecule has 0 aromatic heterocycles. The van der Waals surface area contributed by atoms with Crippen molar-refractivity contribution >= 4 is 29.2 Å². The van der Waals surface area contributed by atoms with Crippen LogP contribution in [0.4, 0.5) is 11.4 Å². The maximum atomic E-state index is 11.8. The van der Waals surface area contributed by atoms with E-state index in [-0.39, 0.29) is 12.5 Å². The third kappa shape index (κ3) is 7.36. The fraction of sp³-hybridized carbons (Fsp3) is 0.250. The summed E-state index contributed by atoms with van der Waals surface area (Å²) in [6.45, 7) is 3.11. The molecule has 2 amide bonds. The van der Waals surface area contributed by atoms with Gasteiger partial charge < -0.3 is 24.8 Å². The average molecular weight is 386 g/mol. The van der Waals surface area contributed by atoms with E-state index in [1.807, 2.05) is 6.92 Å². The average Bonchev–Trinajstić information content (AvgIpc) is 2.67. The van der Waals surface area contributed by atoms with Crippen molar-refractivity contribution in [3.63, 3.8) is 0 Å². The van der Waals surface area contributed by atoms with Gasteiger partial charge in [-0.05, 0) is 55.5 Å². The van der Waals surface area contributed by atoms with E-state index in [9.17, 15) is 14.4 Å². The maximum absolute atomic E-state index is 11.8. The van der Waals surface area contributed by atoms with Gasteiger partial charge in [-0.15, -0.1) is 0 Å². The Morgan fingerprint density at radius 3 is 1.86 bits per heavy atom. The highest BCUT2D eigenvalue weighted by Gasteiger charge is 2.09. The van der Waals surface area contributed by atoms with Gasteiger partial charge in [0.25, 0.3) is 5.91 Å². The first-order valence-electron chi connectivity index (χ1n) is 8.65. The van der Waals surface area contributed by atoms with Crippen molar-refractivity contribution in [2.24, 2.45) is 0 Å². The minimum Gasteiger partial charge on any atom is -0.494 e. The Balaban J connectivity index is 1.70. The van der Waals surface area contributed by atoms with Crippen molar-refractivity contribution in [2.75, 3.05) is 30.5 Å². The van der Waals surface area contributed by atoms with Crippen molar-refractivity contribution < 1.29 is 28.6 Å². The van der Waals surface area contributed by atoms with E-state index >= 15 is 0 Å². The van der Waals surface area contributed by atoms with E-state index in [0.29, 0.717) is 29.5 Å². The molecule has 0 aliphatic carbocycles. The van der Waals surface area contributed by atoms with Gasteiger partial charge in [-0.3, -0.25) is 9.59 Å². The van der Waals surface area contributed by atoms with E-state index in [1.165, 1.54) is 6.92 Å². The van der Waals surface area contributed by atoms with Crippen LogP contribution in [0.1, 0.15) is 13.8 Å². The van der Waals surface area contributed by atoms with Gasteiger partial charge in [0.2, 0.25) is 5.91 Å². The summed E-state index contributed by atoms with van der Waals surface area (Å²) in [5.41, 5.74) is 1.13. The highest BCUT2D eigenvalue weighted by molar-refractivity contribution is 5.93. The molecule has 0 saturated carbocycles. The SMILES string of the molecule is CCOc1ccc(OCC(=O)OCC(=O)Nc2ccc(NC(C)=O)cc2)cc1. The molecule has 0 spiro atoms. The number of benzene rings is 2. The molecule has 0 bridgehead atoms. The van der Waals surface area contributed by atoms with E-state index < -0.39 is 18.5 Å². The monoisotopic (exact) mass is 386 g/mol. The van der Waals surface area contributed by atoms with Crippen molar-refractivity contribution in [2.45, 2.75) is 13.8 Å². The van der Waals surface area contributed by atoms with E-state index in [1.54, 1.807) is 48.5 Å². The Morgan fingerprint density at radius 1 is 0.786 bits per heavy atom. The lowest BCUT2D eigenvalue weighted by Crippen LogP contribution is -2.23. The van der Waals surface area contributed by atoms with E-state index in [2.05, 4.69) is 10.6 Å². The van der Waals surface area contributed by atoms with Gasteiger partial charge in [-0.2, -0.15) is 0 Å². The number of anilines is 2. The molecular formula is C20H22N2O6. The van der Waals surface area contributed by atoms with Gasteiger partial charge >= 0.3 is 5.97 Å². The predicted octanol–water partition coefficient (Wildman–Crippen LogP) is 2.60. The molecule has 28 heavy (non-hydrogen) atoms. The number of nitrogens with one attached hydrogen (secondary N) is 2. The number of carbonyl (C=O) groups excluding carboxylic acids is 3. The van der Waals surface area contributed by atoms with Crippen LogP contribution in [0.2, 0.25) is 0 Å². The van der Waals surface area contributed by atoms with Gasteiger partial charge in [-0.1, -0.05) is 0 Å². The zero-order chi connectivity index (χ0) is 20.4. The van der Waals surface area contributed by atoms with Crippen molar-refractivity contribution in [3.8, 4) is 11.5 Å². The van der Waals surface area contributed by atoms with Gasteiger partial charge in [0.15, 0.2) is 13.2 Å². The summed E-state index contributed by atoms with van der Waals surface area (Å²) in [5.74, 6) is -0.133. The number of carbonyl (C=O) groups is 3. The minimum absolute atomic E-state index is 0.184. The molecule has 2 aromatic rings. The molecule has 0 saturated heterocycles. The summed E-state index contributed by atoms with van der Waals surface area (Å²) in [6, 6.07) is 13.4. The zero-order valence-corrected chi connectivity index (χ0v) is 15.7. The molecule has 0 aliphatic heterocycles. The molecule has 8 heteroatoms. The molecule has 0 atom stereocenters. The van der Waals surface area contributed by atoms with Crippen LogP contribution in [0.3, 0.4) is 0 Å². The smallest absolute Gasteiger partial charge is 0.344 e. The summed E-state index contributed by atoms with van der Waals surface area (Å²) >= 11 is 0. The molecule has 2 aromatic carbocycles. The lowest BCUT2D eigenvalue weighted by molar-refractivity contribution is -0.149. The van der Waals surface area contributed by atoms with Crippen LogP contribution < -0.4 is 20.1 Å². The third-order valence-electron chi connectivity index (χ3n) is 3.34. The highest BCUT2D eigenvalue weighted by Crippen LogP contribution is 2.17. The Hall–Kier alpha value is -3.55. The largest absolute Gasteiger partial charge is 0.494 e. The number of rotatable bonds is 9. The predicted molar refractivity (Wildman–Crippen MR) is 103 cm³/mol. The summed E-state index contributed by atoms with van der Waals surface area (Å²) in [4.78, 5) is 34.5. The number of amides is 2. The van der Waals surface area contributed by atoms with Crippen molar-refractivity contribution in [1.29, 1.82) is 0 Å². The van der Waals surface area contributed by atoms with Gasteiger partial charge in [-0.25, -0.2) is 4.79 Å². The van der Waals surface area contributed by atoms with Gasteiger partial charge in [0, 0.05) is 18.3 Å². The highest BCUT2D eigenvalue weighted by atomic mass is 16.6. The fourth-order valence-corrected chi connectivity index (χ4v) is 2.17. The van der Waals surface area contributed by atoms with Crippen LogP contribution in [0.15, 0.2) is 48.5 Å². The Labute approximate surface area is 162 Å². The van der Waals surface area contributed by atoms with E-state index in [4.69, 9.17) is 14.2 Å². The summed E-state index contributed by atoms with van der Waals surface area (Å²) in [7, 11) is 0. The quantitative estimate of drug-likeness (QED) is 0.642. The van der Waals surface area contributed by atoms with Crippen LogP contribution in [-0.2, 0) is 19.1 Å². The lowest BCUT2D eigenvalue weighted by Gasteiger charge is -2.09. The topological polar surface area (TPSA) is 103 Å².